The number of halogens is 1. The minimum Gasteiger partial charge on any atom is -0.496 e. The smallest absolute Gasteiger partial charge is 0.124 e. The zero-order valence-electron chi connectivity index (χ0n) is 12.1. The molecule has 5 heteroatoms. The van der Waals surface area contributed by atoms with Gasteiger partial charge in [-0.2, -0.15) is 0 Å². The molecule has 1 aromatic rings. The Morgan fingerprint density at radius 3 is 3.10 bits per heavy atom. The first-order chi connectivity index (χ1) is 9.70. The number of hydrogen-bond acceptors (Lipinski definition) is 4. The number of morpholine rings is 1. The van der Waals surface area contributed by atoms with Gasteiger partial charge in [-0.25, -0.2) is 0 Å². The highest BCUT2D eigenvalue weighted by Crippen LogP contribution is 2.26. The van der Waals surface area contributed by atoms with Crippen molar-refractivity contribution in [1.29, 1.82) is 0 Å². The molecule has 1 saturated heterocycles. The molecule has 1 fully saturated rings. The lowest BCUT2D eigenvalue weighted by Gasteiger charge is -2.27. The number of ether oxygens (including phenoxy) is 2. The minimum absolute atomic E-state index is 0.384. The summed E-state index contributed by atoms with van der Waals surface area (Å²) in [6.07, 6.45) is 1.03. The molecule has 1 aliphatic heterocycles. The van der Waals surface area contributed by atoms with Gasteiger partial charge in [-0.15, -0.1) is 0 Å². The van der Waals surface area contributed by atoms with E-state index in [1.807, 2.05) is 18.2 Å². The Hall–Kier alpha value is -0.810. The van der Waals surface area contributed by atoms with Crippen molar-refractivity contribution in [2.24, 2.45) is 0 Å². The van der Waals surface area contributed by atoms with Crippen molar-refractivity contribution >= 4 is 11.6 Å². The molecule has 112 valence electrons. The standard InChI is InChI=1S/C15H23ClN2O2/c1-11(8-12-10-20-7-6-17-12)18-9-13-14(16)4-3-5-15(13)19-2/h3-5,11-12,17-18H,6-10H2,1-2H3. The topological polar surface area (TPSA) is 42.5 Å². The third-order valence-electron chi connectivity index (χ3n) is 3.56. The van der Waals surface area contributed by atoms with Gasteiger partial charge < -0.3 is 20.1 Å². The van der Waals surface area contributed by atoms with Crippen LogP contribution in [0.4, 0.5) is 0 Å². The van der Waals surface area contributed by atoms with Gasteiger partial charge in [0.2, 0.25) is 0 Å². The zero-order chi connectivity index (χ0) is 14.4. The summed E-state index contributed by atoms with van der Waals surface area (Å²) in [5.74, 6) is 0.830. The molecule has 1 aromatic carbocycles. The molecule has 0 saturated carbocycles. The van der Waals surface area contributed by atoms with Gasteiger partial charge in [0.1, 0.15) is 5.75 Å². The predicted molar refractivity (Wildman–Crippen MR) is 81.5 cm³/mol. The lowest BCUT2D eigenvalue weighted by Crippen LogP contribution is -2.44. The molecule has 1 aliphatic rings. The van der Waals surface area contributed by atoms with Gasteiger partial charge in [-0.3, -0.25) is 0 Å². The van der Waals surface area contributed by atoms with Crippen LogP contribution in [0.3, 0.4) is 0 Å². The summed E-state index contributed by atoms with van der Waals surface area (Å²) in [6, 6.07) is 6.54. The third-order valence-corrected chi connectivity index (χ3v) is 3.91. The molecular formula is C15H23ClN2O2. The van der Waals surface area contributed by atoms with Crippen LogP contribution in [-0.2, 0) is 11.3 Å². The monoisotopic (exact) mass is 298 g/mol. The molecule has 20 heavy (non-hydrogen) atoms. The van der Waals surface area contributed by atoms with E-state index in [1.54, 1.807) is 7.11 Å². The molecular weight excluding hydrogens is 276 g/mol. The molecule has 2 rings (SSSR count). The van der Waals surface area contributed by atoms with Gasteiger partial charge >= 0.3 is 0 Å². The molecule has 0 aliphatic carbocycles. The molecule has 0 radical (unpaired) electrons. The first-order valence-electron chi connectivity index (χ1n) is 7.06. The van der Waals surface area contributed by atoms with Gasteiger partial charge in [-0.1, -0.05) is 17.7 Å². The maximum Gasteiger partial charge on any atom is 0.124 e. The van der Waals surface area contributed by atoms with Crippen LogP contribution in [-0.4, -0.2) is 39.0 Å². The highest BCUT2D eigenvalue weighted by Gasteiger charge is 2.16. The fourth-order valence-corrected chi connectivity index (χ4v) is 2.69. The Kier molecular flexibility index (Phi) is 6.10. The summed E-state index contributed by atoms with van der Waals surface area (Å²) in [5.41, 5.74) is 1.01. The lowest BCUT2D eigenvalue weighted by atomic mass is 10.1. The van der Waals surface area contributed by atoms with E-state index in [9.17, 15) is 0 Å². The SMILES string of the molecule is COc1cccc(Cl)c1CNC(C)CC1COCCN1. The second-order valence-electron chi connectivity index (χ2n) is 5.16. The van der Waals surface area contributed by atoms with E-state index in [4.69, 9.17) is 21.1 Å². The molecule has 0 amide bonds. The molecule has 2 atom stereocenters. The molecule has 0 bridgehead atoms. The van der Waals surface area contributed by atoms with Crippen LogP contribution in [0.1, 0.15) is 18.9 Å². The summed E-state index contributed by atoms with van der Waals surface area (Å²) in [4.78, 5) is 0. The Balaban J connectivity index is 1.85. The number of methoxy groups -OCH3 is 1. The highest BCUT2D eigenvalue weighted by molar-refractivity contribution is 6.31. The van der Waals surface area contributed by atoms with E-state index in [2.05, 4.69) is 17.6 Å². The largest absolute Gasteiger partial charge is 0.496 e. The number of nitrogens with one attached hydrogen (secondary N) is 2. The van der Waals surface area contributed by atoms with E-state index in [0.717, 1.165) is 42.5 Å². The average molecular weight is 299 g/mol. The molecule has 0 aromatic heterocycles. The summed E-state index contributed by atoms with van der Waals surface area (Å²) < 4.78 is 10.8. The third kappa shape index (κ3) is 4.35. The average Bonchev–Trinajstić information content (AvgIpc) is 2.46. The lowest BCUT2D eigenvalue weighted by molar-refractivity contribution is 0.0712. The van der Waals surface area contributed by atoms with Crippen LogP contribution in [0.5, 0.6) is 5.75 Å². The first kappa shape index (κ1) is 15.6. The van der Waals surface area contributed by atoms with Crippen molar-refractivity contribution in [1.82, 2.24) is 10.6 Å². The van der Waals surface area contributed by atoms with Gasteiger partial charge in [0.25, 0.3) is 0 Å². The molecule has 2 N–H and O–H groups in total. The summed E-state index contributed by atoms with van der Waals surface area (Å²) in [7, 11) is 1.67. The van der Waals surface area contributed by atoms with Crippen molar-refractivity contribution < 1.29 is 9.47 Å². The predicted octanol–water partition coefficient (Wildman–Crippen LogP) is 2.21. The molecule has 2 unspecified atom stereocenters. The van der Waals surface area contributed by atoms with Crippen LogP contribution in [0.25, 0.3) is 0 Å². The Labute approximate surface area is 125 Å². The summed E-state index contributed by atoms with van der Waals surface area (Å²) >= 11 is 6.23. The van der Waals surface area contributed by atoms with Crippen LogP contribution in [0.15, 0.2) is 18.2 Å². The van der Waals surface area contributed by atoms with Gasteiger partial charge in [0, 0.05) is 35.8 Å². The van der Waals surface area contributed by atoms with Gasteiger partial charge in [-0.05, 0) is 25.5 Å². The second-order valence-corrected chi connectivity index (χ2v) is 5.57. The molecule has 1 heterocycles. The van der Waals surface area contributed by atoms with E-state index in [-0.39, 0.29) is 0 Å². The number of rotatable bonds is 6. The van der Waals surface area contributed by atoms with Crippen molar-refractivity contribution in [3.63, 3.8) is 0 Å². The van der Waals surface area contributed by atoms with E-state index in [0.29, 0.717) is 18.6 Å². The Morgan fingerprint density at radius 2 is 2.40 bits per heavy atom. The maximum atomic E-state index is 6.23. The van der Waals surface area contributed by atoms with E-state index >= 15 is 0 Å². The zero-order valence-corrected chi connectivity index (χ0v) is 12.9. The van der Waals surface area contributed by atoms with Crippen molar-refractivity contribution in [2.45, 2.75) is 32.0 Å². The summed E-state index contributed by atoms with van der Waals surface area (Å²) in [5, 5.41) is 7.71. The Bertz CT molecular complexity index is 422. The number of hydrogen-bond donors (Lipinski definition) is 2. The quantitative estimate of drug-likeness (QED) is 0.845. The van der Waals surface area contributed by atoms with Crippen molar-refractivity contribution in [3.8, 4) is 5.75 Å². The Morgan fingerprint density at radius 1 is 1.55 bits per heavy atom. The second kappa shape index (κ2) is 7.84. The fraction of sp³-hybridized carbons (Fsp3) is 0.600. The van der Waals surface area contributed by atoms with Gasteiger partial charge in [0.05, 0.1) is 20.3 Å². The van der Waals surface area contributed by atoms with Crippen molar-refractivity contribution in [3.05, 3.63) is 28.8 Å². The van der Waals surface area contributed by atoms with Crippen LogP contribution < -0.4 is 15.4 Å². The van der Waals surface area contributed by atoms with Crippen LogP contribution >= 0.6 is 11.6 Å². The normalized spacial score (nSPS) is 20.6. The van der Waals surface area contributed by atoms with Crippen molar-refractivity contribution in [2.75, 3.05) is 26.9 Å². The van der Waals surface area contributed by atoms with Crippen LogP contribution in [0, 0.1) is 0 Å². The first-order valence-corrected chi connectivity index (χ1v) is 7.44. The highest BCUT2D eigenvalue weighted by atomic mass is 35.5. The summed E-state index contributed by atoms with van der Waals surface area (Å²) in [6.45, 7) is 5.43. The fourth-order valence-electron chi connectivity index (χ4n) is 2.46. The van der Waals surface area contributed by atoms with E-state index < -0.39 is 0 Å². The van der Waals surface area contributed by atoms with Gasteiger partial charge in [0.15, 0.2) is 0 Å². The molecule has 0 spiro atoms. The minimum atomic E-state index is 0.384. The molecule has 4 nitrogen and oxygen atoms in total. The maximum absolute atomic E-state index is 6.23. The van der Waals surface area contributed by atoms with Crippen LogP contribution in [0.2, 0.25) is 5.02 Å². The number of benzene rings is 1. The van der Waals surface area contributed by atoms with E-state index in [1.165, 1.54) is 0 Å².